The minimum atomic E-state index is 0.565. The Kier molecular flexibility index (Phi) is 1.85. The summed E-state index contributed by atoms with van der Waals surface area (Å²) in [5.74, 6) is 1.46. The molecule has 1 aromatic rings. The minimum absolute atomic E-state index is 0.565. The lowest BCUT2D eigenvalue weighted by Gasteiger charge is -2.29. The summed E-state index contributed by atoms with van der Waals surface area (Å²) in [7, 11) is 0. The zero-order valence-electron chi connectivity index (χ0n) is 7.70. The molecule has 1 aromatic heterocycles. The Morgan fingerprint density at radius 1 is 1.36 bits per heavy atom. The molecule has 72 valence electrons. The Morgan fingerprint density at radius 2 is 2.29 bits per heavy atom. The molecule has 3 heteroatoms. The van der Waals surface area contributed by atoms with E-state index in [9.17, 15) is 0 Å². The second-order valence-electron chi connectivity index (χ2n) is 3.92. The number of rotatable bonds is 1. The van der Waals surface area contributed by atoms with E-state index in [-0.39, 0.29) is 0 Å². The molecule has 1 N–H and O–H groups in total. The first-order chi connectivity index (χ1) is 6.84. The molecular formula is C11H11ClN2. The van der Waals surface area contributed by atoms with Gasteiger partial charge in [0.25, 0.3) is 0 Å². The highest BCUT2D eigenvalue weighted by Gasteiger charge is 2.36. The maximum atomic E-state index is 5.75. The average molecular weight is 207 g/mol. The number of nitrogens with zero attached hydrogens (tertiary/aromatic N) is 1. The molecule has 2 atom stereocenters. The molecule has 1 fully saturated rings. The molecule has 0 bridgehead atoms. The number of pyridine rings is 1. The van der Waals surface area contributed by atoms with E-state index < -0.39 is 0 Å². The van der Waals surface area contributed by atoms with Gasteiger partial charge >= 0.3 is 0 Å². The zero-order valence-corrected chi connectivity index (χ0v) is 8.46. The van der Waals surface area contributed by atoms with Gasteiger partial charge in [-0.25, -0.2) is 4.98 Å². The van der Waals surface area contributed by atoms with Gasteiger partial charge in [0, 0.05) is 25.2 Å². The van der Waals surface area contributed by atoms with Crippen molar-refractivity contribution < 1.29 is 0 Å². The Balaban J connectivity index is 1.90. The molecule has 1 aliphatic heterocycles. The quantitative estimate of drug-likeness (QED) is 0.711. The second-order valence-corrected chi connectivity index (χ2v) is 4.31. The van der Waals surface area contributed by atoms with E-state index in [0.29, 0.717) is 11.1 Å². The van der Waals surface area contributed by atoms with Crippen LogP contribution in [0.15, 0.2) is 24.4 Å². The molecular weight excluding hydrogens is 196 g/mol. The summed E-state index contributed by atoms with van der Waals surface area (Å²) in [5, 5.41) is 3.96. The van der Waals surface area contributed by atoms with Crippen LogP contribution in [0.2, 0.25) is 5.15 Å². The van der Waals surface area contributed by atoms with Crippen LogP contribution in [0.25, 0.3) is 5.57 Å². The summed E-state index contributed by atoms with van der Waals surface area (Å²) in [6, 6.07) is 3.91. The predicted octanol–water partition coefficient (Wildman–Crippen LogP) is 1.97. The number of aromatic nitrogens is 1. The van der Waals surface area contributed by atoms with Gasteiger partial charge in [0.05, 0.1) is 0 Å². The highest BCUT2D eigenvalue weighted by atomic mass is 35.5. The lowest BCUT2D eigenvalue weighted by atomic mass is 9.74. The van der Waals surface area contributed by atoms with E-state index in [1.165, 1.54) is 11.1 Å². The van der Waals surface area contributed by atoms with E-state index in [1.807, 2.05) is 12.3 Å². The van der Waals surface area contributed by atoms with Crippen LogP contribution in [0, 0.1) is 11.8 Å². The average Bonchev–Trinajstić information content (AvgIpc) is 2.52. The van der Waals surface area contributed by atoms with Gasteiger partial charge in [-0.2, -0.15) is 0 Å². The Bertz CT molecular complexity index is 383. The van der Waals surface area contributed by atoms with Crippen LogP contribution in [0.5, 0.6) is 0 Å². The van der Waals surface area contributed by atoms with Gasteiger partial charge in [-0.05, 0) is 23.1 Å². The second kappa shape index (κ2) is 3.07. The third-order valence-electron chi connectivity index (χ3n) is 3.11. The smallest absolute Gasteiger partial charge is 0.129 e. The normalized spacial score (nSPS) is 29.4. The number of hydrogen-bond donors (Lipinski definition) is 1. The van der Waals surface area contributed by atoms with Crippen molar-refractivity contribution in [1.29, 1.82) is 0 Å². The third-order valence-corrected chi connectivity index (χ3v) is 3.34. The van der Waals surface area contributed by atoms with Gasteiger partial charge in [-0.1, -0.05) is 23.7 Å². The standard InChI is InChI=1S/C11H11ClN2/c12-11-2-1-7(5-14-11)9-3-8-4-13-6-10(8)9/h1-3,5,8,10,13H,4,6H2/t8-,10+/m1/s1. The summed E-state index contributed by atoms with van der Waals surface area (Å²) in [5.41, 5.74) is 2.66. The Morgan fingerprint density at radius 3 is 3.00 bits per heavy atom. The van der Waals surface area contributed by atoms with Crippen molar-refractivity contribution in [2.75, 3.05) is 13.1 Å². The summed E-state index contributed by atoms with van der Waals surface area (Å²) >= 11 is 5.75. The van der Waals surface area contributed by atoms with E-state index in [2.05, 4.69) is 22.4 Å². The van der Waals surface area contributed by atoms with Crippen LogP contribution < -0.4 is 5.32 Å². The Hall–Kier alpha value is -0.860. The van der Waals surface area contributed by atoms with Crippen molar-refractivity contribution in [3.8, 4) is 0 Å². The summed E-state index contributed by atoms with van der Waals surface area (Å²) in [6.07, 6.45) is 4.21. The van der Waals surface area contributed by atoms with Gasteiger partial charge in [0.2, 0.25) is 0 Å². The molecule has 14 heavy (non-hydrogen) atoms. The molecule has 2 heterocycles. The molecule has 0 amide bonds. The molecule has 0 aromatic carbocycles. The van der Waals surface area contributed by atoms with Crippen molar-refractivity contribution in [2.45, 2.75) is 0 Å². The monoisotopic (exact) mass is 206 g/mol. The molecule has 2 nitrogen and oxygen atoms in total. The molecule has 3 rings (SSSR count). The van der Waals surface area contributed by atoms with Crippen LogP contribution in [-0.2, 0) is 0 Å². The van der Waals surface area contributed by atoms with E-state index in [1.54, 1.807) is 0 Å². The van der Waals surface area contributed by atoms with Gasteiger partial charge in [-0.3, -0.25) is 0 Å². The molecule has 0 unspecified atom stereocenters. The van der Waals surface area contributed by atoms with Crippen molar-refractivity contribution in [2.24, 2.45) is 11.8 Å². The number of nitrogens with one attached hydrogen (secondary N) is 1. The first kappa shape index (κ1) is 8.45. The van der Waals surface area contributed by atoms with Crippen LogP contribution in [-0.4, -0.2) is 18.1 Å². The summed E-state index contributed by atoms with van der Waals surface area (Å²) in [6.45, 7) is 2.24. The molecule has 0 spiro atoms. The maximum absolute atomic E-state index is 5.75. The van der Waals surface area contributed by atoms with Gasteiger partial charge < -0.3 is 5.32 Å². The van der Waals surface area contributed by atoms with Gasteiger partial charge in [-0.15, -0.1) is 0 Å². The fourth-order valence-corrected chi connectivity index (χ4v) is 2.42. The lowest BCUT2D eigenvalue weighted by molar-refractivity contribution is 0.564. The minimum Gasteiger partial charge on any atom is -0.315 e. The first-order valence-corrected chi connectivity index (χ1v) is 5.27. The van der Waals surface area contributed by atoms with E-state index in [0.717, 1.165) is 19.0 Å². The van der Waals surface area contributed by atoms with Crippen molar-refractivity contribution >= 4 is 17.2 Å². The van der Waals surface area contributed by atoms with Crippen LogP contribution in [0.3, 0.4) is 0 Å². The number of hydrogen-bond acceptors (Lipinski definition) is 2. The maximum Gasteiger partial charge on any atom is 0.129 e. The fraction of sp³-hybridized carbons (Fsp3) is 0.364. The van der Waals surface area contributed by atoms with Crippen molar-refractivity contribution in [1.82, 2.24) is 10.3 Å². The van der Waals surface area contributed by atoms with Gasteiger partial charge in [0.15, 0.2) is 0 Å². The third kappa shape index (κ3) is 1.18. The Labute approximate surface area is 88.0 Å². The molecule has 1 saturated heterocycles. The van der Waals surface area contributed by atoms with E-state index >= 15 is 0 Å². The summed E-state index contributed by atoms with van der Waals surface area (Å²) in [4.78, 5) is 4.10. The zero-order chi connectivity index (χ0) is 9.54. The number of fused-ring (bicyclic) bond motifs is 1. The number of halogens is 1. The van der Waals surface area contributed by atoms with Crippen molar-refractivity contribution in [3.05, 3.63) is 35.1 Å². The van der Waals surface area contributed by atoms with Crippen molar-refractivity contribution in [3.63, 3.8) is 0 Å². The van der Waals surface area contributed by atoms with Crippen LogP contribution in [0.4, 0.5) is 0 Å². The SMILES string of the molecule is Clc1ccc(C2=C[C@@H]3CNC[C@H]23)cn1. The molecule has 0 saturated carbocycles. The topological polar surface area (TPSA) is 24.9 Å². The predicted molar refractivity (Wildman–Crippen MR) is 57.1 cm³/mol. The fourth-order valence-electron chi connectivity index (χ4n) is 2.31. The highest BCUT2D eigenvalue weighted by molar-refractivity contribution is 6.29. The van der Waals surface area contributed by atoms with E-state index in [4.69, 9.17) is 11.6 Å². The van der Waals surface area contributed by atoms with Crippen LogP contribution in [0.1, 0.15) is 5.56 Å². The van der Waals surface area contributed by atoms with Crippen LogP contribution >= 0.6 is 11.6 Å². The molecule has 2 aliphatic rings. The summed E-state index contributed by atoms with van der Waals surface area (Å²) < 4.78 is 0. The molecule has 1 aliphatic carbocycles. The molecule has 0 radical (unpaired) electrons. The highest BCUT2D eigenvalue weighted by Crippen LogP contribution is 2.42. The largest absolute Gasteiger partial charge is 0.315 e. The van der Waals surface area contributed by atoms with Gasteiger partial charge in [0.1, 0.15) is 5.15 Å². The lowest BCUT2D eigenvalue weighted by Crippen LogP contribution is -2.21. The first-order valence-electron chi connectivity index (χ1n) is 4.89.